The highest BCUT2D eigenvalue weighted by Gasteiger charge is 2.47. The molecule has 27 heavy (non-hydrogen) atoms. The fourth-order valence-electron chi connectivity index (χ4n) is 4.55. The van der Waals surface area contributed by atoms with Gasteiger partial charge in [-0.3, -0.25) is 0 Å². The van der Waals surface area contributed by atoms with E-state index in [1.165, 1.54) is 34.2 Å². The van der Waals surface area contributed by atoms with Crippen LogP contribution in [-0.2, 0) is 34.7 Å². The molecule has 2 heterocycles. The molecule has 1 spiro atoms. The van der Waals surface area contributed by atoms with Crippen molar-refractivity contribution in [1.82, 2.24) is 0 Å². The van der Waals surface area contributed by atoms with Gasteiger partial charge in [0.25, 0.3) is 0 Å². The van der Waals surface area contributed by atoms with Gasteiger partial charge in [0.2, 0.25) is 0 Å². The molecule has 3 nitrogen and oxygen atoms in total. The molecule has 1 fully saturated rings. The van der Waals surface area contributed by atoms with Crippen LogP contribution in [0.2, 0.25) is 0 Å². The van der Waals surface area contributed by atoms with Crippen molar-refractivity contribution in [2.45, 2.75) is 77.5 Å². The number of rotatable bonds is 4. The van der Waals surface area contributed by atoms with Gasteiger partial charge in [-0.1, -0.05) is 43.7 Å². The summed E-state index contributed by atoms with van der Waals surface area (Å²) in [6, 6.07) is 13.5. The second-order valence-corrected chi connectivity index (χ2v) is 8.24. The average Bonchev–Trinajstić information content (AvgIpc) is 2.93. The lowest BCUT2D eigenvalue weighted by Gasteiger charge is -2.39. The zero-order valence-corrected chi connectivity index (χ0v) is 16.6. The summed E-state index contributed by atoms with van der Waals surface area (Å²) in [5.74, 6) is -0.778. The maximum Gasteiger partial charge on any atom is 0.198 e. The molecule has 2 aromatic rings. The highest BCUT2D eigenvalue weighted by molar-refractivity contribution is 5.44. The Bertz CT molecular complexity index is 799. The van der Waals surface area contributed by atoms with Gasteiger partial charge in [0.1, 0.15) is 0 Å². The van der Waals surface area contributed by atoms with E-state index >= 15 is 0 Å². The second kappa shape index (κ2) is 7.38. The Morgan fingerprint density at radius 2 is 1.89 bits per heavy atom. The van der Waals surface area contributed by atoms with Crippen LogP contribution >= 0.6 is 0 Å². The number of fused-ring (bicyclic) bond motifs is 2. The molecule has 3 heteroatoms. The fourth-order valence-corrected chi connectivity index (χ4v) is 4.55. The van der Waals surface area contributed by atoms with Crippen molar-refractivity contribution in [2.75, 3.05) is 0 Å². The van der Waals surface area contributed by atoms with Crippen molar-refractivity contribution in [3.05, 3.63) is 69.8 Å². The van der Waals surface area contributed by atoms with E-state index in [1.54, 1.807) is 0 Å². The van der Waals surface area contributed by atoms with Crippen molar-refractivity contribution >= 4 is 0 Å². The lowest BCUT2D eigenvalue weighted by Crippen LogP contribution is -2.43. The lowest BCUT2D eigenvalue weighted by molar-refractivity contribution is -0.295. The summed E-state index contributed by atoms with van der Waals surface area (Å²) in [5.41, 5.74) is 7.61. The predicted octanol–water partition coefficient (Wildman–Crippen LogP) is 4.78. The van der Waals surface area contributed by atoms with E-state index < -0.39 is 5.79 Å². The molecule has 2 aliphatic heterocycles. The smallest absolute Gasteiger partial charge is 0.198 e. The lowest BCUT2D eigenvalue weighted by atomic mass is 9.88. The summed E-state index contributed by atoms with van der Waals surface area (Å²) in [4.78, 5) is 0. The molecule has 0 saturated carbocycles. The molecule has 0 radical (unpaired) electrons. The van der Waals surface area contributed by atoms with Crippen molar-refractivity contribution < 1.29 is 14.6 Å². The minimum absolute atomic E-state index is 0.00411. The molecule has 0 aromatic heterocycles. The van der Waals surface area contributed by atoms with Gasteiger partial charge in [-0.2, -0.15) is 0 Å². The summed E-state index contributed by atoms with van der Waals surface area (Å²) in [5, 5.41) is 10.3. The van der Waals surface area contributed by atoms with Crippen LogP contribution in [0.5, 0.6) is 0 Å². The van der Waals surface area contributed by atoms with Crippen LogP contribution in [0.3, 0.4) is 0 Å². The number of benzene rings is 2. The Morgan fingerprint density at radius 1 is 1.15 bits per heavy atom. The van der Waals surface area contributed by atoms with Crippen LogP contribution in [-0.4, -0.2) is 17.3 Å². The summed E-state index contributed by atoms with van der Waals surface area (Å²) >= 11 is 0. The van der Waals surface area contributed by atoms with E-state index in [0.717, 1.165) is 18.4 Å². The number of hydrogen-bond acceptors (Lipinski definition) is 3. The molecule has 0 amide bonds. The van der Waals surface area contributed by atoms with Crippen LogP contribution in [0, 0.1) is 6.92 Å². The SMILES string of the molecule is CCCc1ccc(Cc2cc3c(cc2C)CO[C@@]32C[C@@H](O)C[C@@H](C)O2)cc1. The number of aliphatic hydroxyl groups excluding tert-OH is 1. The van der Waals surface area contributed by atoms with E-state index in [0.29, 0.717) is 19.4 Å². The number of aryl methyl sites for hydroxylation is 2. The molecule has 144 valence electrons. The van der Waals surface area contributed by atoms with E-state index in [2.05, 4.69) is 50.2 Å². The first-order chi connectivity index (χ1) is 13.0. The van der Waals surface area contributed by atoms with Gasteiger partial charge in [0, 0.05) is 12.0 Å². The minimum Gasteiger partial charge on any atom is -0.393 e. The molecule has 1 N–H and O–H groups in total. The van der Waals surface area contributed by atoms with Crippen LogP contribution in [0.15, 0.2) is 36.4 Å². The van der Waals surface area contributed by atoms with Crippen LogP contribution < -0.4 is 0 Å². The van der Waals surface area contributed by atoms with E-state index in [4.69, 9.17) is 9.47 Å². The third kappa shape index (κ3) is 3.69. The van der Waals surface area contributed by atoms with Crippen LogP contribution in [0.25, 0.3) is 0 Å². The van der Waals surface area contributed by atoms with Gasteiger partial charge in [-0.15, -0.1) is 0 Å². The molecular formula is C24H30O3. The van der Waals surface area contributed by atoms with Gasteiger partial charge < -0.3 is 14.6 Å². The van der Waals surface area contributed by atoms with Crippen molar-refractivity contribution in [2.24, 2.45) is 0 Å². The molecule has 0 bridgehead atoms. The van der Waals surface area contributed by atoms with Gasteiger partial charge in [-0.25, -0.2) is 0 Å². The molecule has 0 unspecified atom stereocenters. The molecule has 1 saturated heterocycles. The van der Waals surface area contributed by atoms with E-state index in [1.807, 2.05) is 6.92 Å². The maximum absolute atomic E-state index is 10.3. The van der Waals surface area contributed by atoms with Crippen molar-refractivity contribution in [3.8, 4) is 0 Å². The quantitative estimate of drug-likeness (QED) is 0.846. The predicted molar refractivity (Wildman–Crippen MR) is 107 cm³/mol. The molecule has 0 aliphatic carbocycles. The van der Waals surface area contributed by atoms with Gasteiger partial charge in [0.15, 0.2) is 5.79 Å². The molecule has 3 atom stereocenters. The Labute approximate surface area is 162 Å². The van der Waals surface area contributed by atoms with Gasteiger partial charge >= 0.3 is 0 Å². The second-order valence-electron chi connectivity index (χ2n) is 8.24. The normalized spacial score (nSPS) is 27.1. The first kappa shape index (κ1) is 18.7. The number of ether oxygens (including phenoxy) is 2. The Hall–Kier alpha value is -1.68. The highest BCUT2D eigenvalue weighted by atomic mass is 16.7. The summed E-state index contributed by atoms with van der Waals surface area (Å²) in [7, 11) is 0. The maximum atomic E-state index is 10.3. The van der Waals surface area contributed by atoms with E-state index in [9.17, 15) is 5.11 Å². The number of hydrogen-bond donors (Lipinski definition) is 1. The largest absolute Gasteiger partial charge is 0.393 e. The zero-order valence-electron chi connectivity index (χ0n) is 16.6. The highest BCUT2D eigenvalue weighted by Crippen LogP contribution is 2.46. The summed E-state index contributed by atoms with van der Waals surface area (Å²) in [6.07, 6.45) is 4.01. The average molecular weight is 367 g/mol. The standard InChI is InChI=1S/C24H30O3/c1-4-5-18-6-8-19(9-7-18)12-20-13-23-21(10-16(20)2)15-26-24(23)14-22(25)11-17(3)27-24/h6-10,13,17,22,25H,4-5,11-12,14-15H2,1-3H3/t17-,22+,24-/m1/s1. The van der Waals surface area contributed by atoms with Gasteiger partial charge in [0.05, 0.1) is 18.8 Å². The Morgan fingerprint density at radius 3 is 2.59 bits per heavy atom. The summed E-state index contributed by atoms with van der Waals surface area (Å²) in [6.45, 7) is 6.95. The van der Waals surface area contributed by atoms with E-state index in [-0.39, 0.29) is 12.2 Å². The van der Waals surface area contributed by atoms with Crippen molar-refractivity contribution in [1.29, 1.82) is 0 Å². The monoisotopic (exact) mass is 366 g/mol. The molecule has 2 aromatic carbocycles. The third-order valence-corrected chi connectivity index (χ3v) is 5.89. The zero-order chi connectivity index (χ0) is 19.0. The minimum atomic E-state index is -0.778. The first-order valence-corrected chi connectivity index (χ1v) is 10.2. The summed E-state index contributed by atoms with van der Waals surface area (Å²) < 4.78 is 12.4. The third-order valence-electron chi connectivity index (χ3n) is 5.89. The Balaban J connectivity index is 1.63. The topological polar surface area (TPSA) is 38.7 Å². The number of aliphatic hydroxyl groups is 1. The van der Waals surface area contributed by atoms with Crippen LogP contribution in [0.1, 0.15) is 66.5 Å². The van der Waals surface area contributed by atoms with Crippen molar-refractivity contribution in [3.63, 3.8) is 0 Å². The molecular weight excluding hydrogens is 336 g/mol. The Kier molecular flexibility index (Phi) is 5.11. The van der Waals surface area contributed by atoms with Gasteiger partial charge in [-0.05, 0) is 67.0 Å². The molecule has 4 rings (SSSR count). The first-order valence-electron chi connectivity index (χ1n) is 10.2. The fraction of sp³-hybridized carbons (Fsp3) is 0.500. The molecule has 2 aliphatic rings. The van der Waals surface area contributed by atoms with Crippen LogP contribution in [0.4, 0.5) is 0 Å².